The molecule has 0 radical (unpaired) electrons. The zero-order valence-corrected chi connectivity index (χ0v) is 13.5. The van der Waals surface area contributed by atoms with Gasteiger partial charge in [-0.25, -0.2) is 15.0 Å². The second kappa shape index (κ2) is 5.36. The van der Waals surface area contributed by atoms with Crippen LogP contribution in [-0.4, -0.2) is 19.5 Å². The van der Waals surface area contributed by atoms with Gasteiger partial charge < -0.3 is 4.57 Å². The Bertz CT molecular complexity index is 605. The molecule has 0 aromatic carbocycles. The first kappa shape index (κ1) is 13.3. The summed E-state index contributed by atoms with van der Waals surface area (Å²) in [6.07, 6.45) is 8.59. The molecule has 0 spiro atoms. The molecule has 2 aromatic rings. The first-order valence-corrected chi connectivity index (χ1v) is 7.83. The molecule has 1 saturated carbocycles. The van der Waals surface area contributed by atoms with E-state index in [0.717, 1.165) is 15.1 Å². The monoisotopic (exact) mass is 388 g/mol. The average molecular weight is 389 g/mol. The molecular weight excluding hydrogens is 375 g/mol. The van der Waals surface area contributed by atoms with Gasteiger partial charge in [0.25, 0.3) is 0 Å². The summed E-state index contributed by atoms with van der Waals surface area (Å²) in [5.74, 6) is 1.91. The molecule has 0 unspecified atom stereocenters. The van der Waals surface area contributed by atoms with Gasteiger partial charge in [-0.05, 0) is 35.4 Å². The van der Waals surface area contributed by atoms with Gasteiger partial charge in [-0.15, -0.1) is 0 Å². The minimum Gasteiger partial charge on any atom is -0.331 e. The largest absolute Gasteiger partial charge is 0.331 e. The highest BCUT2D eigenvalue weighted by Gasteiger charge is 2.24. The highest BCUT2D eigenvalue weighted by Crippen LogP contribution is 2.37. The van der Waals surface area contributed by atoms with Crippen LogP contribution in [0.25, 0.3) is 11.6 Å². The molecule has 0 bridgehead atoms. The van der Waals surface area contributed by atoms with Crippen molar-refractivity contribution in [1.82, 2.24) is 19.5 Å². The standard InChI is InChI=1S/C13H14ClIN4/c1-19-7-6-16-13(19)12-17-10(8-4-2-3-5-8)9(15)11(14)18-12/h6-8H,2-5H2,1H3. The summed E-state index contributed by atoms with van der Waals surface area (Å²) < 4.78 is 2.90. The van der Waals surface area contributed by atoms with E-state index in [1.807, 2.05) is 17.8 Å². The van der Waals surface area contributed by atoms with Gasteiger partial charge in [0.1, 0.15) is 5.15 Å². The number of nitrogens with zero attached hydrogens (tertiary/aromatic N) is 4. The van der Waals surface area contributed by atoms with Gasteiger partial charge >= 0.3 is 0 Å². The highest BCUT2D eigenvalue weighted by atomic mass is 127. The molecule has 6 heteroatoms. The number of halogens is 2. The molecule has 1 aliphatic rings. The molecule has 100 valence electrons. The summed E-state index contributed by atoms with van der Waals surface area (Å²) in [7, 11) is 1.94. The fourth-order valence-electron chi connectivity index (χ4n) is 2.59. The molecule has 0 amide bonds. The number of hydrogen-bond donors (Lipinski definition) is 0. The number of rotatable bonds is 2. The van der Waals surface area contributed by atoms with E-state index >= 15 is 0 Å². The normalized spacial score (nSPS) is 16.2. The Kier molecular flexibility index (Phi) is 3.75. The Labute approximate surface area is 130 Å². The van der Waals surface area contributed by atoms with E-state index in [1.54, 1.807) is 6.20 Å². The number of aromatic nitrogens is 4. The molecule has 0 N–H and O–H groups in total. The minimum absolute atomic E-state index is 0.520. The molecule has 1 aliphatic carbocycles. The number of aryl methyl sites for hydroxylation is 1. The molecular formula is C13H14ClIN4. The van der Waals surface area contributed by atoms with Crippen LogP contribution in [0.15, 0.2) is 12.4 Å². The smallest absolute Gasteiger partial charge is 0.197 e. The Hall–Kier alpha value is -0.690. The maximum Gasteiger partial charge on any atom is 0.197 e. The van der Waals surface area contributed by atoms with E-state index in [1.165, 1.54) is 25.7 Å². The SMILES string of the molecule is Cn1ccnc1-c1nc(Cl)c(I)c(C2CCCC2)n1. The van der Waals surface area contributed by atoms with Gasteiger partial charge in [0.2, 0.25) is 0 Å². The van der Waals surface area contributed by atoms with Crippen LogP contribution in [0.3, 0.4) is 0 Å². The van der Waals surface area contributed by atoms with Crippen molar-refractivity contribution in [3.8, 4) is 11.6 Å². The van der Waals surface area contributed by atoms with Crippen LogP contribution in [0.5, 0.6) is 0 Å². The maximum absolute atomic E-state index is 6.27. The average Bonchev–Trinajstić information content (AvgIpc) is 3.03. The molecule has 2 heterocycles. The first-order valence-electron chi connectivity index (χ1n) is 6.37. The van der Waals surface area contributed by atoms with Gasteiger partial charge in [-0.2, -0.15) is 0 Å². The lowest BCUT2D eigenvalue weighted by molar-refractivity contribution is 0.688. The van der Waals surface area contributed by atoms with Gasteiger partial charge in [-0.1, -0.05) is 24.4 Å². The Morgan fingerprint density at radius 2 is 2.05 bits per heavy atom. The fourth-order valence-corrected chi connectivity index (χ4v) is 3.45. The molecule has 0 aliphatic heterocycles. The summed E-state index contributed by atoms with van der Waals surface area (Å²) in [6, 6.07) is 0. The van der Waals surface area contributed by atoms with E-state index < -0.39 is 0 Å². The van der Waals surface area contributed by atoms with Crippen LogP contribution in [-0.2, 0) is 7.05 Å². The molecule has 1 fully saturated rings. The molecule has 3 rings (SSSR count). The zero-order valence-electron chi connectivity index (χ0n) is 10.6. The number of hydrogen-bond acceptors (Lipinski definition) is 3. The summed E-state index contributed by atoms with van der Waals surface area (Å²) in [5, 5.41) is 0.537. The molecule has 19 heavy (non-hydrogen) atoms. The van der Waals surface area contributed by atoms with Crippen molar-refractivity contribution in [1.29, 1.82) is 0 Å². The van der Waals surface area contributed by atoms with E-state index in [0.29, 0.717) is 16.9 Å². The first-order chi connectivity index (χ1) is 9.16. The van der Waals surface area contributed by atoms with Crippen molar-refractivity contribution < 1.29 is 0 Å². The van der Waals surface area contributed by atoms with E-state index in [4.69, 9.17) is 16.6 Å². The Balaban J connectivity index is 2.10. The summed E-state index contributed by atoms with van der Waals surface area (Å²) >= 11 is 8.52. The molecule has 0 saturated heterocycles. The summed E-state index contributed by atoms with van der Waals surface area (Å²) in [5.41, 5.74) is 1.09. The van der Waals surface area contributed by atoms with Crippen LogP contribution in [0, 0.1) is 3.57 Å². The quantitative estimate of drug-likeness (QED) is 0.581. The van der Waals surface area contributed by atoms with E-state index in [-0.39, 0.29) is 0 Å². The Morgan fingerprint density at radius 3 is 2.68 bits per heavy atom. The van der Waals surface area contributed by atoms with Crippen LogP contribution in [0.2, 0.25) is 5.15 Å². The van der Waals surface area contributed by atoms with Crippen molar-refractivity contribution >= 4 is 34.2 Å². The second-order valence-corrected chi connectivity index (χ2v) is 6.32. The maximum atomic E-state index is 6.27. The minimum atomic E-state index is 0.520. The van der Waals surface area contributed by atoms with E-state index in [2.05, 4.69) is 32.6 Å². The predicted molar refractivity (Wildman–Crippen MR) is 83.2 cm³/mol. The van der Waals surface area contributed by atoms with Crippen molar-refractivity contribution in [2.24, 2.45) is 7.05 Å². The van der Waals surface area contributed by atoms with Gasteiger partial charge in [0.15, 0.2) is 11.6 Å². The van der Waals surface area contributed by atoms with E-state index in [9.17, 15) is 0 Å². The van der Waals surface area contributed by atoms with Crippen molar-refractivity contribution in [3.63, 3.8) is 0 Å². The van der Waals surface area contributed by atoms with Crippen molar-refractivity contribution in [2.45, 2.75) is 31.6 Å². The fraction of sp³-hybridized carbons (Fsp3) is 0.462. The third kappa shape index (κ3) is 2.50. The van der Waals surface area contributed by atoms with Crippen molar-refractivity contribution in [3.05, 3.63) is 26.8 Å². The van der Waals surface area contributed by atoms with Crippen LogP contribution < -0.4 is 0 Å². The topological polar surface area (TPSA) is 43.6 Å². The third-order valence-corrected chi connectivity index (χ3v) is 5.26. The zero-order chi connectivity index (χ0) is 13.4. The lowest BCUT2D eigenvalue weighted by Crippen LogP contribution is -2.06. The lowest BCUT2D eigenvalue weighted by Gasteiger charge is -2.13. The lowest BCUT2D eigenvalue weighted by atomic mass is 10.0. The third-order valence-electron chi connectivity index (χ3n) is 3.60. The second-order valence-electron chi connectivity index (χ2n) is 4.88. The summed E-state index contributed by atoms with van der Waals surface area (Å²) in [6.45, 7) is 0. The summed E-state index contributed by atoms with van der Waals surface area (Å²) in [4.78, 5) is 13.4. The van der Waals surface area contributed by atoms with Crippen molar-refractivity contribution in [2.75, 3.05) is 0 Å². The van der Waals surface area contributed by atoms with Gasteiger partial charge in [-0.3, -0.25) is 0 Å². The van der Waals surface area contributed by atoms with Gasteiger partial charge in [0.05, 0.1) is 9.26 Å². The molecule has 2 aromatic heterocycles. The highest BCUT2D eigenvalue weighted by molar-refractivity contribution is 14.1. The molecule has 4 nitrogen and oxygen atoms in total. The van der Waals surface area contributed by atoms with Crippen LogP contribution in [0.4, 0.5) is 0 Å². The predicted octanol–water partition coefficient (Wildman–Crippen LogP) is 3.79. The van der Waals surface area contributed by atoms with Crippen LogP contribution in [0.1, 0.15) is 37.3 Å². The Morgan fingerprint density at radius 1 is 1.32 bits per heavy atom. The number of imidazole rings is 1. The van der Waals surface area contributed by atoms with Crippen LogP contribution >= 0.6 is 34.2 Å². The molecule has 0 atom stereocenters. The van der Waals surface area contributed by atoms with Gasteiger partial charge in [0, 0.05) is 25.4 Å².